The molecule has 0 bridgehead atoms. The van der Waals surface area contributed by atoms with Gasteiger partial charge in [-0.2, -0.15) is 0 Å². The summed E-state index contributed by atoms with van der Waals surface area (Å²) in [5, 5.41) is 2.72. The third-order valence-electron chi connectivity index (χ3n) is 3.31. The second-order valence-corrected chi connectivity index (χ2v) is 8.26. The Balaban J connectivity index is 2.31. The molecule has 0 saturated carbocycles. The number of nitrogens with one attached hydrogen (secondary N) is 1. The van der Waals surface area contributed by atoms with Crippen molar-refractivity contribution >= 4 is 37.5 Å². The van der Waals surface area contributed by atoms with Crippen LogP contribution in [0.25, 0.3) is 0 Å². The zero-order valence-electron chi connectivity index (χ0n) is 13.0. The van der Waals surface area contributed by atoms with E-state index in [2.05, 4.69) is 21.2 Å². The van der Waals surface area contributed by atoms with Crippen LogP contribution >= 0.6 is 15.9 Å². The zero-order valence-corrected chi connectivity index (χ0v) is 15.4. The first kappa shape index (κ1) is 17.7. The van der Waals surface area contributed by atoms with Gasteiger partial charge in [-0.1, -0.05) is 22.0 Å². The number of halogens is 1. The van der Waals surface area contributed by atoms with Gasteiger partial charge >= 0.3 is 0 Å². The molecule has 2 aromatic rings. The van der Waals surface area contributed by atoms with Gasteiger partial charge in [0.15, 0.2) is 0 Å². The third kappa shape index (κ3) is 3.99. The van der Waals surface area contributed by atoms with E-state index in [4.69, 9.17) is 0 Å². The van der Waals surface area contributed by atoms with Crippen LogP contribution in [0.5, 0.6) is 0 Å². The van der Waals surface area contributed by atoms with Crippen molar-refractivity contribution in [2.75, 3.05) is 19.4 Å². The van der Waals surface area contributed by atoms with Crippen LogP contribution in [0.2, 0.25) is 0 Å². The Morgan fingerprint density at radius 2 is 1.70 bits per heavy atom. The number of aryl methyl sites for hydroxylation is 1. The lowest BCUT2D eigenvalue weighted by Crippen LogP contribution is -2.23. The predicted octanol–water partition coefficient (Wildman–Crippen LogP) is 3.26. The number of hydrogen-bond donors (Lipinski definition) is 1. The van der Waals surface area contributed by atoms with Crippen molar-refractivity contribution in [1.82, 2.24) is 4.31 Å². The molecule has 2 aromatic carbocycles. The Morgan fingerprint density at radius 3 is 2.26 bits per heavy atom. The molecule has 1 N–H and O–H groups in total. The highest BCUT2D eigenvalue weighted by atomic mass is 79.9. The lowest BCUT2D eigenvalue weighted by molar-refractivity contribution is 0.102. The van der Waals surface area contributed by atoms with Gasteiger partial charge in [-0.3, -0.25) is 4.79 Å². The van der Waals surface area contributed by atoms with E-state index < -0.39 is 10.0 Å². The fraction of sp³-hybridized carbons (Fsp3) is 0.188. The molecule has 0 unspecified atom stereocenters. The fourth-order valence-electron chi connectivity index (χ4n) is 1.96. The third-order valence-corrected chi connectivity index (χ3v) is 5.80. The van der Waals surface area contributed by atoms with Crippen molar-refractivity contribution < 1.29 is 13.2 Å². The van der Waals surface area contributed by atoms with Crippen LogP contribution in [0.1, 0.15) is 15.9 Å². The average molecular weight is 397 g/mol. The molecule has 0 aromatic heterocycles. The van der Waals surface area contributed by atoms with Crippen molar-refractivity contribution in [1.29, 1.82) is 0 Å². The van der Waals surface area contributed by atoms with Gasteiger partial charge in [-0.05, 0) is 48.9 Å². The monoisotopic (exact) mass is 396 g/mol. The summed E-state index contributed by atoms with van der Waals surface area (Å²) in [5.41, 5.74) is 1.55. The summed E-state index contributed by atoms with van der Waals surface area (Å²) >= 11 is 3.31. The summed E-state index contributed by atoms with van der Waals surface area (Å²) in [6.45, 7) is 1.72. The number of hydrogen-bond acceptors (Lipinski definition) is 3. The molecule has 0 atom stereocenters. The van der Waals surface area contributed by atoms with Crippen LogP contribution in [0.4, 0.5) is 5.69 Å². The lowest BCUT2D eigenvalue weighted by atomic mass is 10.2. The molecular formula is C16H17BrN2O3S. The standard InChI is InChI=1S/C16H17BrN2O3S/c1-11-4-9-14(10-15(11)23(21,22)19(2)3)18-16(20)12-5-7-13(17)8-6-12/h4-10H,1-3H3,(H,18,20). The van der Waals surface area contributed by atoms with Crippen molar-refractivity contribution in [2.24, 2.45) is 0 Å². The molecule has 2 rings (SSSR count). The Kier molecular flexibility index (Phi) is 5.23. The van der Waals surface area contributed by atoms with Crippen molar-refractivity contribution in [3.8, 4) is 0 Å². The van der Waals surface area contributed by atoms with Crippen LogP contribution in [-0.4, -0.2) is 32.7 Å². The highest BCUT2D eigenvalue weighted by molar-refractivity contribution is 9.10. The molecule has 0 spiro atoms. The van der Waals surface area contributed by atoms with Gasteiger partial charge < -0.3 is 5.32 Å². The molecule has 0 saturated heterocycles. The number of anilines is 1. The van der Waals surface area contributed by atoms with Crippen LogP contribution in [0, 0.1) is 6.92 Å². The minimum atomic E-state index is -3.56. The van der Waals surface area contributed by atoms with E-state index in [1.165, 1.54) is 20.2 Å². The minimum absolute atomic E-state index is 0.177. The van der Waals surface area contributed by atoms with E-state index in [1.54, 1.807) is 43.3 Å². The fourth-order valence-corrected chi connectivity index (χ4v) is 3.37. The summed E-state index contributed by atoms with van der Waals surface area (Å²) in [4.78, 5) is 12.4. The maximum absolute atomic E-state index is 12.3. The molecule has 1 amide bonds. The van der Waals surface area contributed by atoms with E-state index in [0.29, 0.717) is 16.8 Å². The van der Waals surface area contributed by atoms with Gasteiger partial charge in [-0.25, -0.2) is 12.7 Å². The van der Waals surface area contributed by atoms with Gasteiger partial charge in [0.05, 0.1) is 4.90 Å². The number of nitrogens with zero attached hydrogens (tertiary/aromatic N) is 1. The first-order valence-corrected chi connectivity index (χ1v) is 9.05. The second-order valence-electron chi connectivity index (χ2n) is 5.23. The lowest BCUT2D eigenvalue weighted by Gasteiger charge is -2.15. The maximum Gasteiger partial charge on any atom is 0.255 e. The van der Waals surface area contributed by atoms with E-state index >= 15 is 0 Å². The molecule has 122 valence electrons. The number of benzene rings is 2. The van der Waals surface area contributed by atoms with E-state index in [0.717, 1.165) is 8.78 Å². The van der Waals surface area contributed by atoms with Gasteiger partial charge in [-0.15, -0.1) is 0 Å². The normalized spacial score (nSPS) is 11.5. The summed E-state index contributed by atoms with van der Waals surface area (Å²) < 4.78 is 26.6. The highest BCUT2D eigenvalue weighted by Gasteiger charge is 2.20. The number of carbonyl (C=O) groups is 1. The Labute approximate surface area is 144 Å². The first-order chi connectivity index (χ1) is 10.7. The number of carbonyl (C=O) groups excluding carboxylic acids is 1. The molecule has 5 nitrogen and oxygen atoms in total. The molecule has 0 aliphatic rings. The Hall–Kier alpha value is -1.70. The predicted molar refractivity (Wildman–Crippen MR) is 94.1 cm³/mol. The van der Waals surface area contributed by atoms with E-state index in [1.807, 2.05) is 0 Å². The molecule has 0 radical (unpaired) electrons. The molecular weight excluding hydrogens is 380 g/mol. The topological polar surface area (TPSA) is 66.5 Å². The van der Waals surface area contributed by atoms with Crippen LogP contribution in [-0.2, 0) is 10.0 Å². The second kappa shape index (κ2) is 6.82. The van der Waals surface area contributed by atoms with Crippen molar-refractivity contribution in [2.45, 2.75) is 11.8 Å². The molecule has 0 aliphatic heterocycles. The summed E-state index contributed by atoms with van der Waals surface area (Å²) in [7, 11) is -0.612. The van der Waals surface area contributed by atoms with Crippen LogP contribution in [0.15, 0.2) is 51.8 Å². The van der Waals surface area contributed by atoms with E-state index in [-0.39, 0.29) is 10.8 Å². The van der Waals surface area contributed by atoms with E-state index in [9.17, 15) is 13.2 Å². The van der Waals surface area contributed by atoms with Crippen molar-refractivity contribution in [3.05, 3.63) is 58.1 Å². The largest absolute Gasteiger partial charge is 0.322 e. The van der Waals surface area contributed by atoms with Crippen LogP contribution < -0.4 is 5.32 Å². The Bertz CT molecular complexity index is 831. The van der Waals surface area contributed by atoms with Crippen LogP contribution in [0.3, 0.4) is 0 Å². The Morgan fingerprint density at radius 1 is 1.09 bits per heavy atom. The molecule has 23 heavy (non-hydrogen) atoms. The molecule has 0 aliphatic carbocycles. The van der Waals surface area contributed by atoms with Gasteiger partial charge in [0, 0.05) is 29.8 Å². The smallest absolute Gasteiger partial charge is 0.255 e. The van der Waals surface area contributed by atoms with Gasteiger partial charge in [0.25, 0.3) is 5.91 Å². The molecule has 0 fully saturated rings. The summed E-state index contributed by atoms with van der Waals surface area (Å²) in [6.07, 6.45) is 0. The van der Waals surface area contributed by atoms with Crippen molar-refractivity contribution in [3.63, 3.8) is 0 Å². The SMILES string of the molecule is Cc1ccc(NC(=O)c2ccc(Br)cc2)cc1S(=O)(=O)N(C)C. The van der Waals surface area contributed by atoms with Gasteiger partial charge in [0.1, 0.15) is 0 Å². The quantitative estimate of drug-likeness (QED) is 0.861. The maximum atomic E-state index is 12.3. The minimum Gasteiger partial charge on any atom is -0.322 e. The average Bonchev–Trinajstić information content (AvgIpc) is 2.49. The number of sulfonamides is 1. The summed E-state index contributed by atoms with van der Waals surface area (Å²) in [5.74, 6) is -0.297. The summed E-state index contributed by atoms with van der Waals surface area (Å²) in [6, 6.07) is 11.7. The first-order valence-electron chi connectivity index (χ1n) is 6.82. The number of rotatable bonds is 4. The number of amides is 1. The van der Waals surface area contributed by atoms with Gasteiger partial charge in [0.2, 0.25) is 10.0 Å². The highest BCUT2D eigenvalue weighted by Crippen LogP contribution is 2.23. The molecule has 0 heterocycles. The molecule has 7 heteroatoms. The zero-order chi connectivity index (χ0) is 17.2.